The molecule has 0 saturated carbocycles. The predicted molar refractivity (Wildman–Crippen MR) is 139 cm³/mol. The van der Waals surface area contributed by atoms with Crippen LogP contribution in [0.25, 0.3) is 17.1 Å². The van der Waals surface area contributed by atoms with Gasteiger partial charge in [-0.15, -0.1) is 0 Å². The van der Waals surface area contributed by atoms with E-state index < -0.39 is 29.8 Å². The Morgan fingerprint density at radius 2 is 2.08 bits per heavy atom. The standard InChI is InChI=1S/C27H29F2N7O3/c1-16-24(18-14-31-35(2)15-18)34-36(23-6-4-5-10-30-23)26(16)33-27(37)32-22-13-19(9-11-38-3)39-25(22)17-7-8-20(28)21(29)12-17/h4-8,10,12,14-15,19,22,25H,9,11,13H2,1-3H3,(H2,32,33,37)/t19-,22-,25+/m1/s1. The van der Waals surface area contributed by atoms with E-state index in [1.807, 2.05) is 26.2 Å². The van der Waals surface area contributed by atoms with E-state index in [2.05, 4.69) is 20.7 Å². The number of ether oxygens (including phenoxy) is 2. The van der Waals surface area contributed by atoms with Crippen molar-refractivity contribution in [2.45, 2.75) is 38.0 Å². The minimum absolute atomic E-state index is 0.230. The Kier molecular flexibility index (Phi) is 7.66. The number of aromatic nitrogens is 5. The Balaban J connectivity index is 1.42. The fourth-order valence-corrected chi connectivity index (χ4v) is 4.75. The zero-order valence-corrected chi connectivity index (χ0v) is 21.8. The molecule has 2 amide bonds. The number of nitrogens with one attached hydrogen (secondary N) is 2. The van der Waals surface area contributed by atoms with Crippen molar-refractivity contribution in [1.82, 2.24) is 29.9 Å². The first-order chi connectivity index (χ1) is 18.8. The number of nitrogens with zero attached hydrogens (tertiary/aromatic N) is 5. The molecule has 2 N–H and O–H groups in total. The van der Waals surface area contributed by atoms with E-state index in [-0.39, 0.29) is 6.10 Å². The number of carbonyl (C=O) groups is 1. The third-order valence-electron chi connectivity index (χ3n) is 6.65. The number of halogens is 2. The molecule has 4 heterocycles. The average molecular weight is 538 g/mol. The van der Waals surface area contributed by atoms with Gasteiger partial charge in [0.15, 0.2) is 17.5 Å². The Hall–Kier alpha value is -4.16. The third kappa shape index (κ3) is 5.66. The molecule has 0 bridgehead atoms. The van der Waals surface area contributed by atoms with Crippen LogP contribution in [0, 0.1) is 18.6 Å². The van der Waals surface area contributed by atoms with Crippen molar-refractivity contribution in [2.75, 3.05) is 19.0 Å². The highest BCUT2D eigenvalue weighted by Crippen LogP contribution is 2.36. The molecule has 0 spiro atoms. The van der Waals surface area contributed by atoms with E-state index in [0.29, 0.717) is 42.3 Å². The number of methoxy groups -OCH3 is 1. The summed E-state index contributed by atoms with van der Waals surface area (Å²) in [5.74, 6) is -0.964. The largest absolute Gasteiger partial charge is 0.385 e. The fourth-order valence-electron chi connectivity index (χ4n) is 4.75. The molecule has 204 valence electrons. The Morgan fingerprint density at radius 3 is 2.77 bits per heavy atom. The number of carbonyl (C=O) groups excluding carboxylic acids is 1. The van der Waals surface area contributed by atoms with E-state index in [9.17, 15) is 13.6 Å². The van der Waals surface area contributed by atoms with Crippen LogP contribution in [0.1, 0.15) is 30.1 Å². The molecule has 4 aromatic rings. The number of pyridine rings is 1. The highest BCUT2D eigenvalue weighted by Gasteiger charge is 2.37. The van der Waals surface area contributed by atoms with Gasteiger partial charge in [-0.2, -0.15) is 14.9 Å². The van der Waals surface area contributed by atoms with Crippen LogP contribution in [0.5, 0.6) is 0 Å². The van der Waals surface area contributed by atoms with Crippen LogP contribution in [0.3, 0.4) is 0 Å². The SMILES string of the molecule is COCC[C@@H]1C[C@@H](NC(=O)Nc2c(C)c(-c3cnn(C)c3)nn2-c2ccccn2)[C@H](c2ccc(F)c(F)c2)O1. The quantitative estimate of drug-likeness (QED) is 0.347. The van der Waals surface area contributed by atoms with Gasteiger partial charge >= 0.3 is 6.03 Å². The van der Waals surface area contributed by atoms with Crippen LogP contribution in [0.2, 0.25) is 0 Å². The molecule has 1 saturated heterocycles. The molecule has 10 nitrogen and oxygen atoms in total. The first-order valence-electron chi connectivity index (χ1n) is 12.5. The van der Waals surface area contributed by atoms with Gasteiger partial charge in [-0.25, -0.2) is 18.6 Å². The van der Waals surface area contributed by atoms with Crippen molar-refractivity contribution < 1.29 is 23.0 Å². The third-order valence-corrected chi connectivity index (χ3v) is 6.65. The maximum Gasteiger partial charge on any atom is 0.320 e. The lowest BCUT2D eigenvalue weighted by Crippen LogP contribution is -2.40. The second-order valence-corrected chi connectivity index (χ2v) is 9.40. The predicted octanol–water partition coefficient (Wildman–Crippen LogP) is 4.31. The number of hydrogen-bond acceptors (Lipinski definition) is 6. The summed E-state index contributed by atoms with van der Waals surface area (Å²) in [6.07, 6.45) is 5.35. The fraction of sp³-hybridized carbons (Fsp3) is 0.333. The highest BCUT2D eigenvalue weighted by atomic mass is 19.2. The summed E-state index contributed by atoms with van der Waals surface area (Å²) in [7, 11) is 3.41. The number of amides is 2. The summed E-state index contributed by atoms with van der Waals surface area (Å²) in [6, 6.07) is 8.04. The molecule has 39 heavy (non-hydrogen) atoms. The van der Waals surface area contributed by atoms with Crippen LogP contribution in [0.4, 0.5) is 19.4 Å². The van der Waals surface area contributed by atoms with Crippen LogP contribution in [-0.2, 0) is 16.5 Å². The van der Waals surface area contributed by atoms with Gasteiger partial charge in [0.05, 0.1) is 18.3 Å². The monoisotopic (exact) mass is 537 g/mol. The second-order valence-electron chi connectivity index (χ2n) is 9.40. The minimum atomic E-state index is -0.975. The zero-order chi connectivity index (χ0) is 27.5. The Morgan fingerprint density at radius 1 is 1.23 bits per heavy atom. The molecular weight excluding hydrogens is 508 g/mol. The van der Waals surface area contributed by atoms with Crippen molar-refractivity contribution in [3.63, 3.8) is 0 Å². The Labute approximate surface area is 223 Å². The molecule has 1 fully saturated rings. The van der Waals surface area contributed by atoms with Gasteiger partial charge in [0.1, 0.15) is 17.6 Å². The van der Waals surface area contributed by atoms with E-state index in [1.54, 1.807) is 41.0 Å². The summed E-state index contributed by atoms with van der Waals surface area (Å²) in [4.78, 5) is 17.7. The van der Waals surface area contributed by atoms with E-state index in [1.165, 1.54) is 6.07 Å². The average Bonchev–Trinajstić information content (AvgIpc) is 3.62. The lowest BCUT2D eigenvalue weighted by Gasteiger charge is -2.21. The maximum atomic E-state index is 14.0. The molecule has 5 rings (SSSR count). The molecule has 1 aliphatic heterocycles. The summed E-state index contributed by atoms with van der Waals surface area (Å²) in [6.45, 7) is 2.32. The normalized spacial score (nSPS) is 18.8. The number of urea groups is 1. The highest BCUT2D eigenvalue weighted by molar-refractivity contribution is 5.91. The molecule has 12 heteroatoms. The lowest BCUT2D eigenvalue weighted by molar-refractivity contribution is 0.0210. The molecule has 3 aromatic heterocycles. The topological polar surface area (TPSA) is 108 Å². The minimum Gasteiger partial charge on any atom is -0.385 e. The van der Waals surface area contributed by atoms with E-state index in [0.717, 1.165) is 23.3 Å². The summed E-state index contributed by atoms with van der Waals surface area (Å²) in [5, 5.41) is 14.8. The van der Waals surface area contributed by atoms with Crippen molar-refractivity contribution in [2.24, 2.45) is 7.05 Å². The number of hydrogen-bond donors (Lipinski definition) is 2. The van der Waals surface area contributed by atoms with E-state index >= 15 is 0 Å². The van der Waals surface area contributed by atoms with Crippen molar-refractivity contribution >= 4 is 11.8 Å². The van der Waals surface area contributed by atoms with Gasteiger partial charge in [0, 0.05) is 44.3 Å². The number of rotatable bonds is 8. The van der Waals surface area contributed by atoms with Crippen LogP contribution in [0.15, 0.2) is 55.0 Å². The van der Waals surface area contributed by atoms with Gasteiger partial charge in [-0.1, -0.05) is 12.1 Å². The molecule has 0 unspecified atom stereocenters. The molecule has 1 aliphatic rings. The summed E-state index contributed by atoms with van der Waals surface area (Å²) >= 11 is 0. The molecule has 0 radical (unpaired) electrons. The molecule has 1 aromatic carbocycles. The van der Waals surface area contributed by atoms with E-state index in [4.69, 9.17) is 14.6 Å². The number of benzene rings is 1. The maximum absolute atomic E-state index is 14.0. The van der Waals surface area contributed by atoms with Gasteiger partial charge in [0.25, 0.3) is 0 Å². The first kappa shape index (κ1) is 26.4. The molecule has 3 atom stereocenters. The van der Waals surface area contributed by atoms with Gasteiger partial charge in [0.2, 0.25) is 0 Å². The zero-order valence-electron chi connectivity index (χ0n) is 21.8. The van der Waals surface area contributed by atoms with Crippen molar-refractivity contribution in [3.8, 4) is 17.1 Å². The van der Waals surface area contributed by atoms with Crippen LogP contribution < -0.4 is 10.6 Å². The molecule has 0 aliphatic carbocycles. The summed E-state index contributed by atoms with van der Waals surface area (Å²) < 4.78 is 42.2. The summed E-state index contributed by atoms with van der Waals surface area (Å²) in [5.41, 5.74) is 2.60. The smallest absolute Gasteiger partial charge is 0.320 e. The van der Waals surface area contributed by atoms with Crippen LogP contribution >= 0.6 is 0 Å². The van der Waals surface area contributed by atoms with Crippen LogP contribution in [-0.4, -0.2) is 56.4 Å². The van der Waals surface area contributed by atoms with Crippen molar-refractivity contribution in [3.05, 3.63) is 77.8 Å². The van der Waals surface area contributed by atoms with Gasteiger partial charge in [-0.05, 0) is 49.6 Å². The number of aryl methyl sites for hydroxylation is 1. The molecular formula is C27H29F2N7O3. The number of anilines is 1. The lowest BCUT2D eigenvalue weighted by atomic mass is 10.0. The Bertz CT molecular complexity index is 1460. The van der Waals surface area contributed by atoms with Crippen molar-refractivity contribution in [1.29, 1.82) is 0 Å². The van der Waals surface area contributed by atoms with Gasteiger partial charge < -0.3 is 14.8 Å². The first-order valence-corrected chi connectivity index (χ1v) is 12.5. The van der Waals surface area contributed by atoms with Gasteiger partial charge in [-0.3, -0.25) is 10.00 Å². The second kappa shape index (κ2) is 11.3.